The highest BCUT2D eigenvalue weighted by Gasteiger charge is 2.40. The van der Waals surface area contributed by atoms with Crippen LogP contribution in [0.5, 0.6) is 5.75 Å². The zero-order valence-corrected chi connectivity index (χ0v) is 41.8. The normalized spacial score (nSPS) is 16.7. The van der Waals surface area contributed by atoms with Gasteiger partial charge in [-0.05, 0) is 104 Å². The van der Waals surface area contributed by atoms with Crippen LogP contribution in [-0.2, 0) is 10.8 Å². The number of fused-ring (bicyclic) bond motifs is 9. The molecule has 14 rings (SSSR count). The molecule has 5 nitrogen and oxygen atoms in total. The predicted octanol–water partition coefficient (Wildman–Crippen LogP) is 17.1. The number of ether oxygens (including phenoxy) is 1. The zero-order chi connectivity index (χ0) is 49.7. The average molecular weight is 953 g/mol. The number of nitrogens with zero attached hydrogens (tertiary/aromatic N) is 4. The fraction of sp³-hybridized carbons (Fsp3) is 0.116. The van der Waals surface area contributed by atoms with Crippen molar-refractivity contribution in [2.24, 2.45) is 0 Å². The monoisotopic (exact) mass is 952 g/mol. The van der Waals surface area contributed by atoms with Crippen LogP contribution in [0.3, 0.4) is 0 Å². The topological polar surface area (TPSA) is 51.1 Å². The van der Waals surface area contributed by atoms with Crippen molar-refractivity contribution in [2.45, 2.75) is 50.5 Å². The minimum atomic E-state index is -0.131. The van der Waals surface area contributed by atoms with Gasteiger partial charge >= 0.3 is 0 Å². The Labute approximate surface area is 432 Å². The molecule has 0 spiro atoms. The van der Waals surface area contributed by atoms with Crippen LogP contribution < -0.4 is 9.64 Å². The van der Waals surface area contributed by atoms with Gasteiger partial charge in [-0.25, -0.2) is 15.0 Å². The molecule has 10 aromatic rings. The maximum absolute atomic E-state index is 6.63. The summed E-state index contributed by atoms with van der Waals surface area (Å²) < 4.78 is 6.63. The van der Waals surface area contributed by atoms with E-state index in [4.69, 9.17) is 19.7 Å². The van der Waals surface area contributed by atoms with Crippen LogP contribution in [0, 0.1) is 0 Å². The number of anilines is 3. The van der Waals surface area contributed by atoms with Gasteiger partial charge in [0.15, 0.2) is 17.5 Å². The molecule has 354 valence electrons. The fourth-order valence-corrected chi connectivity index (χ4v) is 12.3. The number of allylic oxidation sites excluding steroid dienone is 2. The van der Waals surface area contributed by atoms with Gasteiger partial charge in [-0.3, -0.25) is 0 Å². The molecule has 0 N–H and O–H groups in total. The van der Waals surface area contributed by atoms with Gasteiger partial charge in [0.2, 0.25) is 0 Å². The summed E-state index contributed by atoms with van der Waals surface area (Å²) in [7, 11) is 0. The lowest BCUT2D eigenvalue weighted by Gasteiger charge is -2.30. The molecule has 4 aliphatic rings. The maximum atomic E-state index is 6.63. The highest BCUT2D eigenvalue weighted by atomic mass is 16.5. The molecule has 1 aromatic heterocycles. The molecule has 0 radical (unpaired) electrons. The van der Waals surface area contributed by atoms with Crippen molar-refractivity contribution in [1.82, 2.24) is 15.0 Å². The Morgan fingerprint density at radius 3 is 1.65 bits per heavy atom. The van der Waals surface area contributed by atoms with Crippen LogP contribution in [0.4, 0.5) is 17.1 Å². The number of hydrogen-bond donors (Lipinski definition) is 0. The zero-order valence-electron chi connectivity index (χ0n) is 41.8. The molecule has 0 saturated carbocycles. The van der Waals surface area contributed by atoms with E-state index >= 15 is 0 Å². The lowest BCUT2D eigenvalue weighted by molar-refractivity contribution is 0.269. The Balaban J connectivity index is 0.802. The van der Waals surface area contributed by atoms with Crippen LogP contribution in [0.2, 0.25) is 0 Å². The van der Waals surface area contributed by atoms with Crippen molar-refractivity contribution < 1.29 is 4.74 Å². The van der Waals surface area contributed by atoms with Gasteiger partial charge in [0, 0.05) is 55.9 Å². The second-order valence-corrected chi connectivity index (χ2v) is 21.1. The average Bonchev–Trinajstić information content (AvgIpc) is 4.04. The molecular weight excluding hydrogens is 901 g/mol. The van der Waals surface area contributed by atoms with Crippen LogP contribution in [-0.4, -0.2) is 21.1 Å². The number of benzene rings is 9. The van der Waals surface area contributed by atoms with E-state index in [1.807, 2.05) is 66.7 Å². The molecule has 0 bridgehead atoms. The van der Waals surface area contributed by atoms with Gasteiger partial charge in [-0.15, -0.1) is 0 Å². The van der Waals surface area contributed by atoms with Gasteiger partial charge in [0.1, 0.15) is 11.9 Å². The third kappa shape index (κ3) is 6.94. The van der Waals surface area contributed by atoms with Gasteiger partial charge < -0.3 is 9.64 Å². The largest absolute Gasteiger partial charge is 0.485 e. The molecule has 74 heavy (non-hydrogen) atoms. The van der Waals surface area contributed by atoms with Gasteiger partial charge in [0.25, 0.3) is 0 Å². The van der Waals surface area contributed by atoms with Gasteiger partial charge in [0.05, 0.1) is 5.69 Å². The minimum absolute atomic E-state index is 0.0223. The molecule has 2 atom stereocenters. The molecule has 9 aromatic carbocycles. The van der Waals surface area contributed by atoms with E-state index in [1.54, 1.807) is 0 Å². The third-order valence-corrected chi connectivity index (χ3v) is 16.1. The standard InChI is InChI=1S/C69H52N4O/c1-68(2)57-25-14-12-22-53(57)64-58(68)26-16-27-60(64)73(50-38-39-52-51-21-11-13-24-56(51)69(3,4)59(52)42-50)49-36-33-44(34-37-49)43-29-31-45(32-30-43)48-35-40-61-55(41-48)63-54(23-15-28-62(63)74-61)67-71-65(46-17-7-5-8-18-46)70-66(72-67)47-19-9-6-10-20-47/h5-42,55,61H,1-4H3. The van der Waals surface area contributed by atoms with Gasteiger partial charge in [-0.1, -0.05) is 216 Å². The molecular formula is C69H52N4O. The van der Waals surface area contributed by atoms with E-state index in [9.17, 15) is 0 Å². The van der Waals surface area contributed by atoms with E-state index in [2.05, 4.69) is 196 Å². The summed E-state index contributed by atoms with van der Waals surface area (Å²) in [5.74, 6) is 2.74. The molecule has 2 heterocycles. The molecule has 0 fully saturated rings. The van der Waals surface area contributed by atoms with Crippen LogP contribution in [0.25, 0.3) is 73.1 Å². The second kappa shape index (κ2) is 16.8. The first kappa shape index (κ1) is 43.8. The summed E-state index contributed by atoms with van der Waals surface area (Å²) in [6.45, 7) is 9.45. The fourth-order valence-electron chi connectivity index (χ4n) is 12.3. The maximum Gasteiger partial charge on any atom is 0.164 e. The Hall–Kier alpha value is -8.93. The molecule has 1 aliphatic heterocycles. The van der Waals surface area contributed by atoms with Crippen LogP contribution >= 0.6 is 0 Å². The summed E-state index contributed by atoms with van der Waals surface area (Å²) in [6, 6.07) is 76.4. The predicted molar refractivity (Wildman–Crippen MR) is 302 cm³/mol. The summed E-state index contributed by atoms with van der Waals surface area (Å²) >= 11 is 0. The molecule has 2 unspecified atom stereocenters. The van der Waals surface area contributed by atoms with Crippen LogP contribution in [0.1, 0.15) is 67.0 Å². The van der Waals surface area contributed by atoms with E-state index < -0.39 is 0 Å². The van der Waals surface area contributed by atoms with Crippen molar-refractivity contribution >= 4 is 22.6 Å². The first-order valence-corrected chi connectivity index (χ1v) is 25.7. The SMILES string of the molecule is CC1(C)c2ccccc2-c2ccc(N(c3ccc(-c4ccc(C5=CC6c7c(cccc7-c7nc(-c8ccccc8)nc(-c8ccccc8)n7)OC6C=C5)cc4)cc3)c3cccc4c3-c3ccccc3C4(C)C)cc21. The number of aromatic nitrogens is 3. The first-order valence-electron chi connectivity index (χ1n) is 25.7. The Bertz CT molecular complexity index is 3870. The summed E-state index contributed by atoms with van der Waals surface area (Å²) in [4.78, 5) is 17.7. The van der Waals surface area contributed by atoms with Crippen molar-refractivity contribution in [3.8, 4) is 73.3 Å². The highest BCUT2D eigenvalue weighted by Crippen LogP contribution is 2.56. The number of hydrogen-bond acceptors (Lipinski definition) is 5. The summed E-state index contributed by atoms with van der Waals surface area (Å²) in [5.41, 5.74) is 22.5. The smallest absolute Gasteiger partial charge is 0.164 e. The van der Waals surface area contributed by atoms with Crippen LogP contribution in [0.15, 0.2) is 231 Å². The minimum Gasteiger partial charge on any atom is -0.485 e. The molecule has 5 heteroatoms. The van der Waals surface area contributed by atoms with E-state index in [1.165, 1.54) is 50.2 Å². The van der Waals surface area contributed by atoms with Gasteiger partial charge in [-0.2, -0.15) is 0 Å². The van der Waals surface area contributed by atoms with E-state index in [0.717, 1.165) is 61.6 Å². The molecule has 0 amide bonds. The lowest BCUT2D eigenvalue weighted by atomic mass is 9.82. The summed E-state index contributed by atoms with van der Waals surface area (Å²) in [6.07, 6.45) is 6.62. The van der Waals surface area contributed by atoms with E-state index in [0.29, 0.717) is 17.5 Å². The Kier molecular flexibility index (Phi) is 9.97. The van der Waals surface area contributed by atoms with Crippen molar-refractivity contribution in [3.05, 3.63) is 264 Å². The Morgan fingerprint density at radius 1 is 0.419 bits per heavy atom. The van der Waals surface area contributed by atoms with Crippen molar-refractivity contribution in [1.29, 1.82) is 0 Å². The van der Waals surface area contributed by atoms with Crippen molar-refractivity contribution in [3.63, 3.8) is 0 Å². The lowest BCUT2D eigenvalue weighted by Crippen LogP contribution is -2.17. The second-order valence-electron chi connectivity index (χ2n) is 21.1. The Morgan fingerprint density at radius 2 is 0.946 bits per heavy atom. The van der Waals surface area contributed by atoms with Crippen molar-refractivity contribution in [2.75, 3.05) is 4.90 Å². The summed E-state index contributed by atoms with van der Waals surface area (Å²) in [5, 5.41) is 0. The molecule has 3 aliphatic carbocycles. The van der Waals surface area contributed by atoms with E-state index in [-0.39, 0.29) is 22.9 Å². The quantitative estimate of drug-likeness (QED) is 0.152. The first-order chi connectivity index (χ1) is 36.2. The number of rotatable bonds is 8. The third-order valence-electron chi connectivity index (χ3n) is 16.1. The molecule has 0 saturated heterocycles. The highest BCUT2D eigenvalue weighted by molar-refractivity contribution is 5.96.